The van der Waals surface area contributed by atoms with Crippen molar-refractivity contribution in [3.8, 4) is 5.75 Å². The quantitative estimate of drug-likeness (QED) is 0.776. The Hall–Kier alpha value is -2.41. The van der Waals surface area contributed by atoms with Crippen LogP contribution < -0.4 is 10.5 Å². The fourth-order valence-corrected chi connectivity index (χ4v) is 1.83. The molecule has 1 atom stereocenters. The van der Waals surface area contributed by atoms with Crippen LogP contribution in [0.25, 0.3) is 0 Å². The van der Waals surface area contributed by atoms with Crippen molar-refractivity contribution < 1.29 is 14.3 Å². The van der Waals surface area contributed by atoms with E-state index in [9.17, 15) is 4.79 Å². The first-order valence-corrected chi connectivity index (χ1v) is 6.49. The molecule has 0 aliphatic carbocycles. The Morgan fingerprint density at radius 2 is 2.10 bits per heavy atom. The Morgan fingerprint density at radius 1 is 1.38 bits per heavy atom. The number of nitrogens with two attached hydrogens (primary N) is 1. The molecule has 0 aliphatic heterocycles. The van der Waals surface area contributed by atoms with Crippen molar-refractivity contribution in [2.24, 2.45) is 12.8 Å². The lowest BCUT2D eigenvalue weighted by molar-refractivity contribution is -0.142. The highest BCUT2D eigenvalue weighted by Gasteiger charge is 2.14. The summed E-state index contributed by atoms with van der Waals surface area (Å²) >= 11 is 0. The van der Waals surface area contributed by atoms with Gasteiger partial charge in [0.15, 0.2) is 0 Å². The van der Waals surface area contributed by atoms with Crippen LogP contribution in [0.2, 0.25) is 0 Å². The van der Waals surface area contributed by atoms with Gasteiger partial charge in [0.05, 0.1) is 13.3 Å². The Morgan fingerprint density at radius 3 is 2.67 bits per heavy atom. The molecule has 0 saturated heterocycles. The van der Waals surface area contributed by atoms with Gasteiger partial charge in [0.2, 0.25) is 0 Å². The van der Waals surface area contributed by atoms with E-state index in [4.69, 9.17) is 10.5 Å². The van der Waals surface area contributed by atoms with Gasteiger partial charge in [-0.25, -0.2) is 0 Å². The number of hydrogen-bond acceptors (Lipinski definition) is 6. The Kier molecular flexibility index (Phi) is 4.89. The van der Waals surface area contributed by atoms with Crippen molar-refractivity contribution in [3.63, 3.8) is 0 Å². The van der Waals surface area contributed by atoms with Gasteiger partial charge >= 0.3 is 5.97 Å². The molecule has 7 heteroatoms. The molecule has 2 aromatic rings. The lowest BCUT2D eigenvalue weighted by atomic mass is 10.1. The molecule has 1 aromatic carbocycles. The van der Waals surface area contributed by atoms with Crippen molar-refractivity contribution >= 4 is 5.97 Å². The fourth-order valence-electron chi connectivity index (χ4n) is 1.83. The van der Waals surface area contributed by atoms with Gasteiger partial charge in [0.25, 0.3) is 0 Å². The minimum absolute atomic E-state index is 0.356. The van der Waals surface area contributed by atoms with Crippen molar-refractivity contribution in [1.29, 1.82) is 0 Å². The maximum absolute atomic E-state index is 11.3. The van der Waals surface area contributed by atoms with E-state index >= 15 is 0 Å². The van der Waals surface area contributed by atoms with Crippen LogP contribution in [0.15, 0.2) is 30.5 Å². The summed E-state index contributed by atoms with van der Waals surface area (Å²) in [6, 6.07) is 6.75. The number of aromatic nitrogens is 3. The molecule has 0 amide bonds. The first kappa shape index (κ1) is 15.0. The smallest absolute Gasteiger partial charge is 0.322 e. The van der Waals surface area contributed by atoms with E-state index in [-0.39, 0.29) is 0 Å². The minimum atomic E-state index is -0.652. The number of benzene rings is 1. The molecular formula is C14H18N4O3. The molecule has 2 rings (SSSR count). The molecule has 1 unspecified atom stereocenters. The van der Waals surface area contributed by atoms with Crippen LogP contribution >= 0.6 is 0 Å². The number of carbonyl (C=O) groups is 1. The molecular weight excluding hydrogens is 272 g/mol. The minimum Gasteiger partial charge on any atom is -0.487 e. The number of aryl methyl sites for hydroxylation is 1. The number of esters is 1. The van der Waals surface area contributed by atoms with Crippen molar-refractivity contribution in [3.05, 3.63) is 41.7 Å². The van der Waals surface area contributed by atoms with Crippen molar-refractivity contribution in [2.75, 3.05) is 7.11 Å². The molecule has 1 aromatic heterocycles. The van der Waals surface area contributed by atoms with Gasteiger partial charge in [-0.3, -0.25) is 9.48 Å². The first-order chi connectivity index (χ1) is 10.1. The number of carbonyl (C=O) groups excluding carboxylic acids is 1. The van der Waals surface area contributed by atoms with Crippen LogP contribution in [0.1, 0.15) is 11.3 Å². The Balaban J connectivity index is 1.88. The summed E-state index contributed by atoms with van der Waals surface area (Å²) < 4.78 is 11.8. The zero-order valence-corrected chi connectivity index (χ0v) is 12.0. The van der Waals surface area contributed by atoms with E-state index in [1.807, 2.05) is 24.3 Å². The summed E-state index contributed by atoms with van der Waals surface area (Å²) in [5, 5.41) is 7.77. The van der Waals surface area contributed by atoms with Crippen LogP contribution in [0, 0.1) is 0 Å². The third-order valence-electron chi connectivity index (χ3n) is 2.92. The summed E-state index contributed by atoms with van der Waals surface area (Å²) in [5.74, 6) is 0.300. The second-order valence-corrected chi connectivity index (χ2v) is 4.65. The van der Waals surface area contributed by atoms with Crippen LogP contribution in [-0.4, -0.2) is 34.1 Å². The molecule has 2 N–H and O–H groups in total. The van der Waals surface area contributed by atoms with Crippen molar-refractivity contribution in [1.82, 2.24) is 15.0 Å². The van der Waals surface area contributed by atoms with Crippen LogP contribution in [0.3, 0.4) is 0 Å². The van der Waals surface area contributed by atoms with E-state index in [1.165, 1.54) is 7.11 Å². The molecule has 0 radical (unpaired) electrons. The predicted octanol–water partition coefficient (Wildman–Crippen LogP) is 0.437. The molecule has 21 heavy (non-hydrogen) atoms. The molecule has 0 spiro atoms. The average molecular weight is 290 g/mol. The van der Waals surface area contributed by atoms with Crippen LogP contribution in [0.5, 0.6) is 5.75 Å². The fraction of sp³-hybridized carbons (Fsp3) is 0.357. The summed E-state index contributed by atoms with van der Waals surface area (Å²) in [5.41, 5.74) is 7.41. The first-order valence-electron chi connectivity index (χ1n) is 6.49. The number of hydrogen-bond donors (Lipinski definition) is 1. The van der Waals surface area contributed by atoms with E-state index < -0.39 is 12.0 Å². The van der Waals surface area contributed by atoms with Gasteiger partial charge in [-0.05, 0) is 24.1 Å². The Bertz CT molecular complexity index is 595. The predicted molar refractivity (Wildman–Crippen MR) is 75.5 cm³/mol. The number of rotatable bonds is 6. The molecule has 0 saturated carbocycles. The van der Waals surface area contributed by atoms with Gasteiger partial charge in [-0.1, -0.05) is 17.3 Å². The lowest BCUT2D eigenvalue weighted by Gasteiger charge is -2.10. The van der Waals surface area contributed by atoms with Gasteiger partial charge in [-0.15, -0.1) is 5.10 Å². The number of methoxy groups -OCH3 is 1. The normalized spacial score (nSPS) is 12.0. The SMILES string of the molecule is COC(=O)C(N)Cc1ccc(OCc2cn(C)nn2)cc1. The van der Waals surface area contributed by atoms with Crippen LogP contribution in [-0.2, 0) is 29.6 Å². The van der Waals surface area contributed by atoms with Crippen molar-refractivity contribution in [2.45, 2.75) is 19.1 Å². The third-order valence-corrected chi connectivity index (χ3v) is 2.92. The second kappa shape index (κ2) is 6.85. The van der Waals surface area contributed by atoms with Gasteiger partial charge in [0, 0.05) is 7.05 Å². The average Bonchev–Trinajstić information content (AvgIpc) is 2.91. The Labute approximate surface area is 122 Å². The second-order valence-electron chi connectivity index (χ2n) is 4.65. The maximum atomic E-state index is 11.3. The standard InChI is InChI=1S/C14H18N4O3/c1-18-8-11(16-17-18)9-21-12-5-3-10(4-6-12)7-13(15)14(19)20-2/h3-6,8,13H,7,9,15H2,1-2H3. The summed E-state index contributed by atoms with van der Waals surface area (Å²) in [7, 11) is 3.13. The lowest BCUT2D eigenvalue weighted by Crippen LogP contribution is -2.33. The summed E-state index contributed by atoms with van der Waals surface area (Å²) in [6.45, 7) is 0.356. The highest BCUT2D eigenvalue weighted by atomic mass is 16.5. The topological polar surface area (TPSA) is 92.3 Å². The number of nitrogens with zero attached hydrogens (tertiary/aromatic N) is 3. The van der Waals surface area contributed by atoms with Gasteiger partial charge in [0.1, 0.15) is 24.1 Å². The van der Waals surface area contributed by atoms with Gasteiger partial charge < -0.3 is 15.2 Å². The zero-order chi connectivity index (χ0) is 15.2. The van der Waals surface area contributed by atoms with Gasteiger partial charge in [-0.2, -0.15) is 0 Å². The largest absolute Gasteiger partial charge is 0.487 e. The number of ether oxygens (including phenoxy) is 2. The molecule has 0 aliphatic rings. The van der Waals surface area contributed by atoms with E-state index in [0.29, 0.717) is 13.0 Å². The monoisotopic (exact) mass is 290 g/mol. The zero-order valence-electron chi connectivity index (χ0n) is 12.0. The maximum Gasteiger partial charge on any atom is 0.322 e. The third kappa shape index (κ3) is 4.28. The van der Waals surface area contributed by atoms with E-state index in [1.54, 1.807) is 17.9 Å². The van der Waals surface area contributed by atoms with Crippen LogP contribution in [0.4, 0.5) is 0 Å². The molecule has 112 valence electrons. The molecule has 1 heterocycles. The molecule has 7 nitrogen and oxygen atoms in total. The highest BCUT2D eigenvalue weighted by Crippen LogP contribution is 2.14. The summed E-state index contributed by atoms with van der Waals surface area (Å²) in [6.07, 6.45) is 2.22. The van der Waals surface area contributed by atoms with E-state index in [0.717, 1.165) is 17.0 Å². The van der Waals surface area contributed by atoms with E-state index in [2.05, 4.69) is 15.0 Å². The summed E-state index contributed by atoms with van der Waals surface area (Å²) in [4.78, 5) is 11.3. The molecule has 0 fully saturated rings. The molecule has 0 bridgehead atoms. The highest BCUT2D eigenvalue weighted by molar-refractivity contribution is 5.75.